The largest absolute Gasteiger partial charge is 2.00 e. The van der Waals surface area contributed by atoms with Crippen molar-refractivity contribution in [3.8, 4) is 39.6 Å². The van der Waals surface area contributed by atoms with Gasteiger partial charge in [0.05, 0.1) is 27.8 Å². The molecular weight excluding hydrogens is 817 g/mol. The minimum Gasteiger partial charge on any atom is -0.455 e. The van der Waals surface area contributed by atoms with Crippen molar-refractivity contribution in [2.24, 2.45) is 0 Å². The van der Waals surface area contributed by atoms with Crippen LogP contribution in [-0.2, 0) is 0 Å². The van der Waals surface area contributed by atoms with Gasteiger partial charge in [-0.25, -0.2) is 20.1 Å². The van der Waals surface area contributed by atoms with E-state index in [1.54, 1.807) is 0 Å². The molecule has 0 radical (unpaired) electrons. The van der Waals surface area contributed by atoms with E-state index in [1.165, 1.54) is 0 Å². The molecule has 0 atom stereocenters. The molecule has 4 aromatic heterocycles. The molecule has 0 aliphatic heterocycles. The SMILES string of the molecule is [U+2].[c-]1ccccc1-c1[c-]c(-c2cc(-c3cccc4c3oc3ccccc34)nc(-n3c4ccccc4n4c5ccccc5nc34)n2)ccc1. The first-order chi connectivity index (χ1) is 23.3. The number of rotatable bonds is 4. The van der Waals surface area contributed by atoms with Gasteiger partial charge >= 0.3 is 31.1 Å². The molecule has 6 aromatic carbocycles. The second kappa shape index (κ2) is 11.3. The van der Waals surface area contributed by atoms with E-state index in [1.807, 2.05) is 97.1 Å². The maximum Gasteiger partial charge on any atom is 2.00 e. The minimum atomic E-state index is 0. The van der Waals surface area contributed by atoms with Crippen molar-refractivity contribution in [2.45, 2.75) is 0 Å². The summed E-state index contributed by atoms with van der Waals surface area (Å²) in [7, 11) is 0. The molecule has 0 saturated heterocycles. The van der Waals surface area contributed by atoms with Gasteiger partial charge in [0.2, 0.25) is 11.7 Å². The van der Waals surface area contributed by atoms with Crippen LogP contribution in [0.25, 0.3) is 89.4 Å². The monoisotopic (exact) mass is 839 g/mol. The Morgan fingerprint density at radius 3 is 2.17 bits per heavy atom. The van der Waals surface area contributed by atoms with Gasteiger partial charge < -0.3 is 4.42 Å². The molecule has 6 nitrogen and oxygen atoms in total. The van der Waals surface area contributed by atoms with E-state index >= 15 is 0 Å². The maximum absolute atomic E-state index is 6.48. The van der Waals surface area contributed by atoms with E-state index in [9.17, 15) is 0 Å². The number of hydrogen-bond donors (Lipinski definition) is 0. The fourth-order valence-electron chi connectivity index (χ4n) is 6.64. The zero-order valence-corrected chi connectivity index (χ0v) is 29.6. The Morgan fingerprint density at radius 2 is 1.27 bits per heavy atom. The first kappa shape index (κ1) is 28.7. The van der Waals surface area contributed by atoms with E-state index in [2.05, 4.69) is 63.6 Å². The third-order valence-electron chi connectivity index (χ3n) is 8.77. The van der Waals surface area contributed by atoms with Gasteiger partial charge in [0, 0.05) is 22.0 Å². The van der Waals surface area contributed by atoms with Gasteiger partial charge in [0.25, 0.3) is 0 Å². The van der Waals surface area contributed by atoms with Crippen LogP contribution in [0.1, 0.15) is 0 Å². The van der Waals surface area contributed by atoms with E-state index in [0.29, 0.717) is 5.95 Å². The van der Waals surface area contributed by atoms with E-state index < -0.39 is 0 Å². The van der Waals surface area contributed by atoms with Crippen LogP contribution in [0.3, 0.4) is 0 Å². The zero-order valence-electron chi connectivity index (χ0n) is 25.4. The molecule has 0 aliphatic rings. The number of furan rings is 1. The van der Waals surface area contributed by atoms with Gasteiger partial charge in [-0.15, -0.1) is 23.8 Å². The second-order valence-corrected chi connectivity index (χ2v) is 11.5. The van der Waals surface area contributed by atoms with E-state index in [4.69, 9.17) is 19.4 Å². The van der Waals surface area contributed by atoms with Crippen LogP contribution < -0.4 is 0 Å². The van der Waals surface area contributed by atoms with Crippen molar-refractivity contribution in [2.75, 3.05) is 0 Å². The fraction of sp³-hybridized carbons (Fsp3) is 0. The molecule has 0 spiro atoms. The van der Waals surface area contributed by atoms with Gasteiger partial charge in [-0.2, -0.15) is 42.0 Å². The molecule has 10 aromatic rings. The Bertz CT molecular complexity index is 2810. The molecule has 4 heterocycles. The predicted molar refractivity (Wildman–Crippen MR) is 186 cm³/mol. The van der Waals surface area contributed by atoms with Crippen LogP contribution in [0.5, 0.6) is 0 Å². The summed E-state index contributed by atoms with van der Waals surface area (Å²) in [5.74, 6) is 1.26. The molecule has 0 N–H and O–H groups in total. The van der Waals surface area contributed by atoms with E-state index in [-0.39, 0.29) is 31.1 Å². The smallest absolute Gasteiger partial charge is 0.455 e. The molecule has 48 heavy (non-hydrogen) atoms. The Labute approximate surface area is 298 Å². The molecule has 0 bridgehead atoms. The van der Waals surface area contributed by atoms with Crippen molar-refractivity contribution < 1.29 is 35.5 Å². The summed E-state index contributed by atoms with van der Waals surface area (Å²) in [5.41, 5.74) is 10.7. The summed E-state index contributed by atoms with van der Waals surface area (Å²) in [6, 6.07) is 53.8. The second-order valence-electron chi connectivity index (χ2n) is 11.5. The Morgan fingerprint density at radius 1 is 0.562 bits per heavy atom. The van der Waals surface area contributed by atoms with Crippen molar-refractivity contribution in [1.29, 1.82) is 0 Å². The molecule has 10 rings (SSSR count). The third kappa shape index (κ3) is 4.43. The van der Waals surface area contributed by atoms with Crippen LogP contribution in [0.15, 0.2) is 144 Å². The summed E-state index contributed by atoms with van der Waals surface area (Å²) in [6.07, 6.45) is 0. The molecule has 0 unspecified atom stereocenters. The topological polar surface area (TPSA) is 61.2 Å². The average Bonchev–Trinajstić information content (AvgIpc) is 3.80. The van der Waals surface area contributed by atoms with Crippen molar-refractivity contribution >= 4 is 49.8 Å². The molecule has 0 saturated carbocycles. The standard InChI is InChI=1S/C41H23N5O.U/c1-2-12-26(13-3-1)27-14-10-15-28(24-27)33-25-34(31-18-11-17-30-29-16-4-9-23-38(29)47-39(30)31)43-40(42-33)46-37-22-8-7-21-36(37)45-35-20-6-5-19-32(35)44-41(45)46;/h1-12,14-23,25H;/q-2;+2. The van der Waals surface area contributed by atoms with Gasteiger partial charge in [0.15, 0.2) is 0 Å². The predicted octanol–water partition coefficient (Wildman–Crippen LogP) is 9.72. The van der Waals surface area contributed by atoms with E-state index in [0.717, 1.165) is 83.4 Å². The first-order valence-electron chi connectivity index (χ1n) is 15.5. The summed E-state index contributed by atoms with van der Waals surface area (Å²) in [6.45, 7) is 0. The number of para-hydroxylation sites is 6. The molecular formula is C41H23N5OU. The summed E-state index contributed by atoms with van der Waals surface area (Å²) >= 11 is 0. The van der Waals surface area contributed by atoms with Crippen LogP contribution >= 0.6 is 0 Å². The minimum absolute atomic E-state index is 0. The Hall–Kier alpha value is -5.48. The van der Waals surface area contributed by atoms with Crippen LogP contribution in [0.4, 0.5) is 0 Å². The van der Waals surface area contributed by atoms with Crippen LogP contribution in [0.2, 0.25) is 0 Å². The van der Waals surface area contributed by atoms with Gasteiger partial charge in [-0.1, -0.05) is 54.6 Å². The molecule has 0 fully saturated rings. The number of fused-ring (bicyclic) bond motifs is 8. The summed E-state index contributed by atoms with van der Waals surface area (Å²) in [4.78, 5) is 15.6. The average molecular weight is 840 g/mol. The number of hydrogen-bond acceptors (Lipinski definition) is 4. The maximum atomic E-state index is 6.48. The molecule has 0 amide bonds. The number of aromatic nitrogens is 5. The summed E-state index contributed by atoms with van der Waals surface area (Å²) < 4.78 is 10.7. The van der Waals surface area contributed by atoms with Gasteiger partial charge in [-0.3, -0.25) is 9.38 Å². The van der Waals surface area contributed by atoms with Crippen LogP contribution in [-0.4, -0.2) is 23.9 Å². The quantitative estimate of drug-likeness (QED) is 0.166. The van der Waals surface area contributed by atoms with Crippen molar-refractivity contribution in [1.82, 2.24) is 23.9 Å². The Kier molecular flexibility index (Phi) is 6.79. The first-order valence-corrected chi connectivity index (χ1v) is 15.5. The summed E-state index contributed by atoms with van der Waals surface area (Å²) in [5, 5.41) is 2.11. The fourth-order valence-corrected chi connectivity index (χ4v) is 6.64. The van der Waals surface area contributed by atoms with Crippen molar-refractivity contribution in [3.05, 3.63) is 152 Å². The Balaban J connectivity index is 0.00000314. The third-order valence-corrected chi connectivity index (χ3v) is 8.77. The van der Waals surface area contributed by atoms with Crippen LogP contribution in [0, 0.1) is 43.2 Å². The number of benzene rings is 6. The number of nitrogens with zero attached hydrogens (tertiary/aromatic N) is 5. The molecule has 7 heteroatoms. The number of imidazole rings is 2. The van der Waals surface area contributed by atoms with Gasteiger partial charge in [-0.05, 0) is 42.5 Å². The molecule has 0 aliphatic carbocycles. The zero-order chi connectivity index (χ0) is 30.9. The molecule has 222 valence electrons. The van der Waals surface area contributed by atoms with Gasteiger partial charge in [0.1, 0.15) is 11.2 Å². The van der Waals surface area contributed by atoms with Crippen molar-refractivity contribution in [3.63, 3.8) is 0 Å². The normalized spacial score (nSPS) is 11.6.